The Balaban J connectivity index is 1.79. The van der Waals surface area contributed by atoms with Crippen LogP contribution >= 0.6 is 11.8 Å². The third-order valence-corrected chi connectivity index (χ3v) is 4.16. The van der Waals surface area contributed by atoms with Gasteiger partial charge in [-0.3, -0.25) is 10.1 Å². The van der Waals surface area contributed by atoms with Gasteiger partial charge in [0.1, 0.15) is 17.2 Å². The lowest BCUT2D eigenvalue weighted by molar-refractivity contribution is -0.388. The molecule has 126 valence electrons. The first-order chi connectivity index (χ1) is 12.2. The molecule has 0 amide bonds. The second kappa shape index (κ2) is 7.72. The molecule has 0 heterocycles. The molecule has 0 spiro atoms. The summed E-state index contributed by atoms with van der Waals surface area (Å²) in [5, 5.41) is 11.3. The van der Waals surface area contributed by atoms with Crippen molar-refractivity contribution in [2.75, 3.05) is 6.26 Å². The Morgan fingerprint density at radius 1 is 0.800 bits per heavy atom. The second-order valence-corrected chi connectivity index (χ2v) is 5.90. The predicted molar refractivity (Wildman–Crippen MR) is 97.9 cm³/mol. The van der Waals surface area contributed by atoms with Crippen LogP contribution in [0.1, 0.15) is 0 Å². The second-order valence-electron chi connectivity index (χ2n) is 5.05. The smallest absolute Gasteiger partial charge is 0.324 e. The standard InChI is InChI=1S/C19H15NO4S/c1-25-18-9-5-8-17(19(18)20(21)22)24-16-12-10-15(11-13-16)23-14-6-3-2-4-7-14/h2-13H,1H3. The van der Waals surface area contributed by atoms with E-state index >= 15 is 0 Å². The zero-order valence-electron chi connectivity index (χ0n) is 13.4. The van der Waals surface area contributed by atoms with E-state index in [9.17, 15) is 10.1 Å². The van der Waals surface area contributed by atoms with E-state index in [0.29, 0.717) is 16.4 Å². The summed E-state index contributed by atoms with van der Waals surface area (Å²) in [5.41, 5.74) is -0.0281. The summed E-state index contributed by atoms with van der Waals surface area (Å²) in [6.07, 6.45) is 1.79. The molecular weight excluding hydrogens is 338 g/mol. The van der Waals surface area contributed by atoms with Gasteiger partial charge in [-0.05, 0) is 54.8 Å². The minimum atomic E-state index is -0.423. The van der Waals surface area contributed by atoms with Crippen LogP contribution in [0.3, 0.4) is 0 Å². The molecule has 0 saturated carbocycles. The van der Waals surface area contributed by atoms with Crippen LogP contribution in [0.25, 0.3) is 0 Å². The van der Waals surface area contributed by atoms with E-state index in [1.54, 1.807) is 48.7 Å². The molecule has 0 aliphatic heterocycles. The molecule has 0 aliphatic rings. The number of benzene rings is 3. The lowest BCUT2D eigenvalue weighted by Crippen LogP contribution is -1.95. The summed E-state index contributed by atoms with van der Waals surface area (Å²) >= 11 is 1.31. The summed E-state index contributed by atoms with van der Waals surface area (Å²) < 4.78 is 11.4. The van der Waals surface area contributed by atoms with Gasteiger partial charge in [-0.2, -0.15) is 0 Å². The van der Waals surface area contributed by atoms with E-state index in [0.717, 1.165) is 5.75 Å². The highest BCUT2D eigenvalue weighted by molar-refractivity contribution is 7.98. The topological polar surface area (TPSA) is 61.6 Å². The maximum absolute atomic E-state index is 11.3. The normalized spacial score (nSPS) is 10.3. The third-order valence-electron chi connectivity index (χ3n) is 3.39. The molecule has 0 atom stereocenters. The van der Waals surface area contributed by atoms with Gasteiger partial charge < -0.3 is 9.47 Å². The van der Waals surface area contributed by atoms with Crippen molar-refractivity contribution in [2.24, 2.45) is 0 Å². The Kier molecular flexibility index (Phi) is 5.20. The van der Waals surface area contributed by atoms with Crippen LogP contribution in [0.4, 0.5) is 5.69 Å². The molecule has 0 bridgehead atoms. The van der Waals surface area contributed by atoms with Crippen LogP contribution in [0, 0.1) is 10.1 Å². The number of rotatable bonds is 6. The summed E-state index contributed by atoms with van der Waals surface area (Å²) in [5.74, 6) is 2.11. The SMILES string of the molecule is CSc1cccc(Oc2ccc(Oc3ccccc3)cc2)c1[N+](=O)[O-]. The van der Waals surface area contributed by atoms with Gasteiger partial charge >= 0.3 is 5.69 Å². The largest absolute Gasteiger partial charge is 0.457 e. The number of nitro benzene ring substituents is 1. The van der Waals surface area contributed by atoms with E-state index in [2.05, 4.69) is 0 Å². The zero-order valence-corrected chi connectivity index (χ0v) is 14.2. The number of thioether (sulfide) groups is 1. The van der Waals surface area contributed by atoms with Gasteiger partial charge in [0.05, 0.1) is 9.82 Å². The van der Waals surface area contributed by atoms with E-state index in [1.807, 2.05) is 30.3 Å². The van der Waals surface area contributed by atoms with Gasteiger partial charge in [0.25, 0.3) is 0 Å². The Bertz CT molecular complexity index is 866. The number of nitrogens with zero attached hydrogens (tertiary/aromatic N) is 1. The minimum absolute atomic E-state index is 0.0281. The van der Waals surface area contributed by atoms with Crippen molar-refractivity contribution in [3.63, 3.8) is 0 Å². The Morgan fingerprint density at radius 3 is 2.00 bits per heavy atom. The predicted octanol–water partition coefficient (Wildman–Crippen LogP) is 5.90. The first-order valence-electron chi connectivity index (χ1n) is 7.49. The van der Waals surface area contributed by atoms with Crippen molar-refractivity contribution in [1.29, 1.82) is 0 Å². The van der Waals surface area contributed by atoms with Crippen LogP contribution < -0.4 is 9.47 Å². The third kappa shape index (κ3) is 4.10. The average molecular weight is 353 g/mol. The molecule has 3 rings (SSSR count). The minimum Gasteiger partial charge on any atom is -0.457 e. The highest BCUT2D eigenvalue weighted by Crippen LogP contribution is 2.38. The lowest BCUT2D eigenvalue weighted by Gasteiger charge is -2.09. The van der Waals surface area contributed by atoms with Gasteiger partial charge in [0, 0.05) is 0 Å². The highest BCUT2D eigenvalue weighted by atomic mass is 32.2. The first-order valence-corrected chi connectivity index (χ1v) is 8.72. The van der Waals surface area contributed by atoms with Crippen molar-refractivity contribution in [3.05, 3.63) is 82.9 Å². The molecule has 3 aromatic carbocycles. The molecule has 0 saturated heterocycles. The maximum atomic E-state index is 11.3. The summed E-state index contributed by atoms with van der Waals surface area (Å²) in [6.45, 7) is 0. The van der Waals surface area contributed by atoms with Crippen molar-refractivity contribution >= 4 is 17.4 Å². The van der Waals surface area contributed by atoms with E-state index in [4.69, 9.17) is 9.47 Å². The van der Waals surface area contributed by atoms with Crippen LogP contribution in [0.15, 0.2) is 77.7 Å². The Morgan fingerprint density at radius 2 is 1.40 bits per heavy atom. The molecular formula is C19H15NO4S. The Labute approximate surface area is 149 Å². The van der Waals surface area contributed by atoms with Gasteiger partial charge in [0.2, 0.25) is 5.75 Å². The van der Waals surface area contributed by atoms with E-state index in [-0.39, 0.29) is 11.4 Å². The van der Waals surface area contributed by atoms with E-state index < -0.39 is 4.92 Å². The summed E-state index contributed by atoms with van der Waals surface area (Å²) in [6, 6.07) is 21.4. The number of ether oxygens (including phenoxy) is 2. The highest BCUT2D eigenvalue weighted by Gasteiger charge is 2.20. The molecule has 0 unspecified atom stereocenters. The van der Waals surface area contributed by atoms with Crippen LogP contribution in [-0.4, -0.2) is 11.2 Å². The maximum Gasteiger partial charge on any atom is 0.324 e. The van der Waals surface area contributed by atoms with Gasteiger partial charge in [-0.15, -0.1) is 11.8 Å². The molecule has 0 N–H and O–H groups in total. The van der Waals surface area contributed by atoms with E-state index in [1.165, 1.54) is 11.8 Å². The number of para-hydroxylation sites is 2. The zero-order chi connectivity index (χ0) is 17.6. The lowest BCUT2D eigenvalue weighted by atomic mass is 10.3. The van der Waals surface area contributed by atoms with Crippen LogP contribution in [0.2, 0.25) is 0 Å². The summed E-state index contributed by atoms with van der Waals surface area (Å²) in [4.78, 5) is 11.5. The van der Waals surface area contributed by atoms with Gasteiger partial charge in [-0.25, -0.2) is 0 Å². The molecule has 3 aromatic rings. The van der Waals surface area contributed by atoms with Crippen LogP contribution in [-0.2, 0) is 0 Å². The first kappa shape index (κ1) is 16.9. The van der Waals surface area contributed by atoms with Crippen LogP contribution in [0.5, 0.6) is 23.0 Å². The average Bonchev–Trinajstić information content (AvgIpc) is 2.63. The molecule has 0 fully saturated rings. The van der Waals surface area contributed by atoms with Gasteiger partial charge in [0.15, 0.2) is 0 Å². The monoisotopic (exact) mass is 353 g/mol. The van der Waals surface area contributed by atoms with Crippen molar-refractivity contribution < 1.29 is 14.4 Å². The number of hydrogen-bond donors (Lipinski definition) is 0. The molecule has 25 heavy (non-hydrogen) atoms. The molecule has 0 aromatic heterocycles. The number of nitro groups is 1. The van der Waals surface area contributed by atoms with Gasteiger partial charge in [-0.1, -0.05) is 24.3 Å². The fourth-order valence-electron chi connectivity index (χ4n) is 2.26. The Hall–Kier alpha value is -2.99. The quantitative estimate of drug-likeness (QED) is 0.313. The number of hydrogen-bond acceptors (Lipinski definition) is 5. The molecule has 6 heteroatoms. The fourth-order valence-corrected chi connectivity index (χ4v) is 2.84. The van der Waals surface area contributed by atoms with Crippen molar-refractivity contribution in [3.8, 4) is 23.0 Å². The molecule has 5 nitrogen and oxygen atoms in total. The molecule has 0 radical (unpaired) electrons. The summed E-state index contributed by atoms with van der Waals surface area (Å²) in [7, 11) is 0. The molecule has 0 aliphatic carbocycles. The van der Waals surface area contributed by atoms with Crippen molar-refractivity contribution in [1.82, 2.24) is 0 Å². The fraction of sp³-hybridized carbons (Fsp3) is 0.0526. The van der Waals surface area contributed by atoms with Crippen molar-refractivity contribution in [2.45, 2.75) is 4.90 Å².